The predicted octanol–water partition coefficient (Wildman–Crippen LogP) is 3.05. The van der Waals surface area contributed by atoms with E-state index in [0.29, 0.717) is 60.8 Å². The van der Waals surface area contributed by atoms with Gasteiger partial charge in [-0.1, -0.05) is 38.1 Å². The molecule has 1 unspecified atom stereocenters. The van der Waals surface area contributed by atoms with Gasteiger partial charge in [-0.2, -0.15) is 0 Å². The van der Waals surface area contributed by atoms with Crippen molar-refractivity contribution in [3.63, 3.8) is 0 Å². The summed E-state index contributed by atoms with van der Waals surface area (Å²) in [6.45, 7) is 6.13. The van der Waals surface area contributed by atoms with Gasteiger partial charge in [-0.05, 0) is 36.1 Å². The number of rotatable bonds is 3. The second kappa shape index (κ2) is 7.65. The van der Waals surface area contributed by atoms with Crippen molar-refractivity contribution in [2.75, 3.05) is 19.6 Å². The van der Waals surface area contributed by atoms with Gasteiger partial charge in [-0.15, -0.1) is 0 Å². The van der Waals surface area contributed by atoms with Crippen LogP contribution in [0, 0.1) is 5.92 Å². The molecule has 1 N–H and O–H groups in total. The third-order valence-corrected chi connectivity index (χ3v) is 6.35. The molecule has 1 atom stereocenters. The molecular weight excluding hydrogens is 406 g/mol. The summed E-state index contributed by atoms with van der Waals surface area (Å²) in [5.41, 5.74) is 1.38. The lowest BCUT2D eigenvalue weighted by atomic mass is 9.96. The molecule has 7 heteroatoms. The lowest BCUT2D eigenvalue weighted by molar-refractivity contribution is -0.0314. The monoisotopic (exact) mass is 433 g/mol. The Labute approximate surface area is 187 Å². The molecule has 5 rings (SSSR count). The van der Waals surface area contributed by atoms with Gasteiger partial charge in [0.1, 0.15) is 5.75 Å². The maximum atomic E-state index is 13.6. The van der Waals surface area contributed by atoms with Gasteiger partial charge in [0, 0.05) is 26.1 Å². The van der Waals surface area contributed by atoms with Gasteiger partial charge in [-0.3, -0.25) is 14.4 Å². The van der Waals surface area contributed by atoms with Crippen LogP contribution in [-0.2, 0) is 6.54 Å². The van der Waals surface area contributed by atoms with Crippen molar-refractivity contribution >= 4 is 17.7 Å². The third kappa shape index (κ3) is 3.42. The molecule has 3 aliphatic rings. The number of para-hydroxylation sites is 1. The molecule has 3 aliphatic heterocycles. The molecule has 0 aliphatic carbocycles. The van der Waals surface area contributed by atoms with Gasteiger partial charge in [0.2, 0.25) is 5.72 Å². The number of carbonyl (C=O) groups is 3. The van der Waals surface area contributed by atoms with Crippen LogP contribution in [0.1, 0.15) is 63.3 Å². The fraction of sp³-hybridized carbons (Fsp3) is 0.400. The van der Waals surface area contributed by atoms with Crippen LogP contribution in [0.25, 0.3) is 0 Å². The van der Waals surface area contributed by atoms with E-state index in [9.17, 15) is 14.4 Å². The Bertz CT molecular complexity index is 1110. The number of carbonyl (C=O) groups excluding carboxylic acids is 3. The molecule has 3 heterocycles. The molecule has 0 saturated carbocycles. The quantitative estimate of drug-likeness (QED) is 0.807. The van der Waals surface area contributed by atoms with Crippen LogP contribution in [0.15, 0.2) is 42.5 Å². The third-order valence-electron chi connectivity index (χ3n) is 6.35. The maximum absolute atomic E-state index is 13.6. The first kappa shape index (κ1) is 20.5. The summed E-state index contributed by atoms with van der Waals surface area (Å²) in [5, 5.41) is 2.98. The normalized spacial score (nSPS) is 22.0. The number of nitrogens with one attached hydrogen (secondary N) is 1. The first-order valence-electron chi connectivity index (χ1n) is 11.2. The van der Waals surface area contributed by atoms with Crippen molar-refractivity contribution in [2.24, 2.45) is 5.92 Å². The van der Waals surface area contributed by atoms with Crippen LogP contribution >= 0.6 is 0 Å². The highest BCUT2D eigenvalue weighted by Crippen LogP contribution is 2.34. The van der Waals surface area contributed by atoms with Gasteiger partial charge >= 0.3 is 0 Å². The molecule has 1 saturated heterocycles. The Morgan fingerprint density at radius 2 is 1.97 bits per heavy atom. The average Bonchev–Trinajstić information content (AvgIpc) is 3.08. The predicted molar refractivity (Wildman–Crippen MR) is 118 cm³/mol. The smallest absolute Gasteiger partial charge is 0.258 e. The molecule has 2 aromatic carbocycles. The van der Waals surface area contributed by atoms with Crippen LogP contribution in [-0.4, -0.2) is 52.9 Å². The number of amides is 3. The molecular formula is C25H27N3O4. The van der Waals surface area contributed by atoms with E-state index in [1.54, 1.807) is 29.2 Å². The van der Waals surface area contributed by atoms with E-state index >= 15 is 0 Å². The van der Waals surface area contributed by atoms with Crippen LogP contribution in [0.4, 0.5) is 0 Å². The highest BCUT2D eigenvalue weighted by atomic mass is 16.5. The molecule has 32 heavy (non-hydrogen) atoms. The number of hydrogen-bond acceptors (Lipinski definition) is 4. The van der Waals surface area contributed by atoms with Crippen molar-refractivity contribution in [1.29, 1.82) is 0 Å². The van der Waals surface area contributed by atoms with Crippen LogP contribution in [0.3, 0.4) is 0 Å². The number of nitrogens with zero attached hydrogens (tertiary/aromatic N) is 2. The Balaban J connectivity index is 1.41. The summed E-state index contributed by atoms with van der Waals surface area (Å²) in [4.78, 5) is 42.9. The van der Waals surface area contributed by atoms with Gasteiger partial charge < -0.3 is 19.9 Å². The van der Waals surface area contributed by atoms with Crippen LogP contribution < -0.4 is 10.1 Å². The Hall–Kier alpha value is -3.35. The summed E-state index contributed by atoms with van der Waals surface area (Å²) in [6.07, 6.45) is 1.31. The van der Waals surface area contributed by atoms with E-state index in [4.69, 9.17) is 4.74 Å². The van der Waals surface area contributed by atoms with Gasteiger partial charge in [0.05, 0.1) is 23.2 Å². The zero-order valence-corrected chi connectivity index (χ0v) is 18.4. The fourth-order valence-corrected chi connectivity index (χ4v) is 4.99. The van der Waals surface area contributed by atoms with E-state index < -0.39 is 5.72 Å². The molecule has 0 aromatic heterocycles. The number of hydrogen-bond donors (Lipinski definition) is 1. The molecule has 1 spiro atoms. The van der Waals surface area contributed by atoms with E-state index in [0.717, 1.165) is 5.56 Å². The lowest BCUT2D eigenvalue weighted by Crippen LogP contribution is -2.64. The summed E-state index contributed by atoms with van der Waals surface area (Å²) in [7, 11) is 0. The largest absolute Gasteiger partial charge is 0.465 e. The number of piperidine rings is 1. The van der Waals surface area contributed by atoms with Gasteiger partial charge in [-0.25, -0.2) is 0 Å². The summed E-state index contributed by atoms with van der Waals surface area (Å²) in [5.74, 6) is 0.411. The fourth-order valence-electron chi connectivity index (χ4n) is 4.99. The highest BCUT2D eigenvalue weighted by Gasteiger charge is 2.45. The van der Waals surface area contributed by atoms with Crippen molar-refractivity contribution in [1.82, 2.24) is 15.1 Å². The van der Waals surface area contributed by atoms with Crippen molar-refractivity contribution < 1.29 is 19.1 Å². The van der Waals surface area contributed by atoms with Crippen molar-refractivity contribution in [2.45, 2.75) is 39.0 Å². The highest BCUT2D eigenvalue weighted by molar-refractivity contribution is 6.09. The Kier molecular flexibility index (Phi) is 4.92. The average molecular weight is 434 g/mol. The van der Waals surface area contributed by atoms with Crippen LogP contribution in [0.2, 0.25) is 0 Å². The minimum absolute atomic E-state index is 0.0829. The number of fused-ring (bicyclic) bond motifs is 2. The maximum Gasteiger partial charge on any atom is 0.258 e. The van der Waals surface area contributed by atoms with E-state index in [-0.39, 0.29) is 24.3 Å². The second-order valence-electron chi connectivity index (χ2n) is 9.30. The van der Waals surface area contributed by atoms with E-state index in [2.05, 4.69) is 19.2 Å². The van der Waals surface area contributed by atoms with Gasteiger partial charge in [0.25, 0.3) is 17.7 Å². The first-order valence-corrected chi connectivity index (χ1v) is 11.2. The molecule has 1 fully saturated rings. The molecule has 3 amide bonds. The number of ether oxygens (including phenoxy) is 1. The zero-order valence-electron chi connectivity index (χ0n) is 18.4. The second-order valence-corrected chi connectivity index (χ2v) is 9.30. The minimum Gasteiger partial charge on any atom is -0.465 e. The lowest BCUT2D eigenvalue weighted by Gasteiger charge is -2.45. The van der Waals surface area contributed by atoms with Crippen LogP contribution in [0.5, 0.6) is 5.75 Å². The Morgan fingerprint density at radius 3 is 2.78 bits per heavy atom. The number of likely N-dealkylation sites (tertiary alicyclic amines) is 1. The minimum atomic E-state index is -0.953. The van der Waals surface area contributed by atoms with Gasteiger partial charge in [0.15, 0.2) is 0 Å². The summed E-state index contributed by atoms with van der Waals surface area (Å²) < 4.78 is 6.22. The van der Waals surface area contributed by atoms with Crippen molar-refractivity contribution in [3.8, 4) is 5.75 Å². The van der Waals surface area contributed by atoms with Crippen molar-refractivity contribution in [3.05, 3.63) is 64.7 Å². The van der Waals surface area contributed by atoms with E-state index in [1.807, 2.05) is 23.1 Å². The zero-order chi connectivity index (χ0) is 22.5. The molecule has 7 nitrogen and oxygen atoms in total. The first-order chi connectivity index (χ1) is 15.4. The van der Waals surface area contributed by atoms with E-state index in [1.165, 1.54) is 0 Å². The topological polar surface area (TPSA) is 79.0 Å². The number of benzene rings is 2. The summed E-state index contributed by atoms with van der Waals surface area (Å²) >= 11 is 0. The SMILES string of the molecule is CC(C)CN1Cc2cccc(C(=O)N3CCCC4(C3)NC(=O)c3ccccc3O4)c2C1=O. The Morgan fingerprint density at radius 1 is 1.16 bits per heavy atom. The molecule has 166 valence electrons. The molecule has 0 radical (unpaired) electrons. The summed E-state index contributed by atoms with van der Waals surface area (Å²) in [6, 6.07) is 12.6. The molecule has 0 bridgehead atoms. The standard InChI is InChI=1S/C25H27N3O4/c1-16(2)13-28-14-17-7-5-9-19(21(17)24(28)31)23(30)27-12-6-11-25(15-27)26-22(29)18-8-3-4-10-20(18)32-25/h3-5,7-10,16H,6,11-15H2,1-2H3,(H,26,29). The molecule has 2 aromatic rings.